The number of carbonyl (C=O) groups excluding carboxylic acids is 2. The van der Waals surface area contributed by atoms with E-state index in [0.717, 1.165) is 6.08 Å². The van der Waals surface area contributed by atoms with Crippen LogP contribution in [0.15, 0.2) is 36.9 Å². The number of benzene rings is 1. The van der Waals surface area contributed by atoms with Gasteiger partial charge in [0.1, 0.15) is 0 Å². The Bertz CT molecular complexity index is 587. The average Bonchev–Trinajstić information content (AvgIpc) is 2.48. The summed E-state index contributed by atoms with van der Waals surface area (Å²) in [6.07, 6.45) is 1.23. The first-order valence-corrected chi connectivity index (χ1v) is 7.08. The predicted molar refractivity (Wildman–Crippen MR) is 79.7 cm³/mol. The van der Waals surface area contributed by atoms with Crippen LogP contribution in [0.25, 0.3) is 0 Å². The highest BCUT2D eigenvalue weighted by atomic mass is 19.3. The van der Waals surface area contributed by atoms with Gasteiger partial charge in [0, 0.05) is 18.7 Å². The maximum Gasteiger partial charge on any atom is 0.265 e. The van der Waals surface area contributed by atoms with Gasteiger partial charge in [-0.3, -0.25) is 9.59 Å². The molecule has 0 saturated carbocycles. The van der Waals surface area contributed by atoms with Gasteiger partial charge in [-0.1, -0.05) is 24.8 Å². The van der Waals surface area contributed by atoms with Crippen molar-refractivity contribution in [1.29, 1.82) is 0 Å². The summed E-state index contributed by atoms with van der Waals surface area (Å²) in [6.45, 7) is 3.17. The van der Waals surface area contributed by atoms with Gasteiger partial charge in [-0.25, -0.2) is 8.78 Å². The molecule has 118 valence electrons. The number of amides is 2. The van der Waals surface area contributed by atoms with Gasteiger partial charge in [-0.15, -0.1) is 0 Å². The van der Waals surface area contributed by atoms with Crippen LogP contribution >= 0.6 is 0 Å². The molecule has 0 bridgehead atoms. The van der Waals surface area contributed by atoms with Gasteiger partial charge in [0.2, 0.25) is 11.8 Å². The number of nitrogens with one attached hydrogen (secondary N) is 1. The fraction of sp³-hybridized carbons (Fsp3) is 0.375. The van der Waals surface area contributed by atoms with Crippen molar-refractivity contribution in [1.82, 2.24) is 4.90 Å². The zero-order valence-corrected chi connectivity index (χ0v) is 12.1. The highest BCUT2D eigenvalue weighted by Crippen LogP contribution is 2.27. The van der Waals surface area contributed by atoms with Gasteiger partial charge in [0.25, 0.3) is 5.92 Å². The van der Waals surface area contributed by atoms with Gasteiger partial charge in [-0.2, -0.15) is 0 Å². The van der Waals surface area contributed by atoms with Crippen LogP contribution in [0.5, 0.6) is 0 Å². The first kappa shape index (κ1) is 16.1. The molecule has 1 aromatic rings. The van der Waals surface area contributed by atoms with Crippen molar-refractivity contribution in [3.8, 4) is 0 Å². The van der Waals surface area contributed by atoms with Crippen LogP contribution in [0.3, 0.4) is 0 Å². The molecule has 1 N–H and O–H groups in total. The van der Waals surface area contributed by atoms with Crippen LogP contribution in [0.1, 0.15) is 18.4 Å². The van der Waals surface area contributed by atoms with E-state index in [9.17, 15) is 18.4 Å². The standard InChI is InChI=1S/C16H18F2N2O2/c1-2-14(21)19-13-7-4-3-6-12(13)10-15(22)20-9-5-8-16(17,18)11-20/h2-4,6-7H,1,5,8-11H2,(H,19,21). The number of para-hydroxylation sites is 1. The van der Waals surface area contributed by atoms with Crippen molar-refractivity contribution in [2.45, 2.75) is 25.2 Å². The molecule has 0 spiro atoms. The lowest BCUT2D eigenvalue weighted by Gasteiger charge is -2.32. The summed E-state index contributed by atoms with van der Waals surface area (Å²) < 4.78 is 26.8. The van der Waals surface area contributed by atoms with Gasteiger partial charge < -0.3 is 10.2 Å². The van der Waals surface area contributed by atoms with Crippen molar-refractivity contribution in [3.63, 3.8) is 0 Å². The van der Waals surface area contributed by atoms with Gasteiger partial charge >= 0.3 is 0 Å². The number of likely N-dealkylation sites (tertiary alicyclic amines) is 1. The molecule has 1 saturated heterocycles. The average molecular weight is 308 g/mol. The lowest BCUT2D eigenvalue weighted by atomic mass is 10.0. The molecule has 0 atom stereocenters. The van der Waals surface area contributed by atoms with E-state index in [4.69, 9.17) is 0 Å². The molecule has 4 nitrogen and oxygen atoms in total. The Morgan fingerprint density at radius 3 is 2.77 bits per heavy atom. The molecule has 22 heavy (non-hydrogen) atoms. The molecule has 0 aliphatic carbocycles. The Morgan fingerprint density at radius 2 is 2.09 bits per heavy atom. The molecule has 1 heterocycles. The van der Waals surface area contributed by atoms with Crippen molar-refractivity contribution >= 4 is 17.5 Å². The number of hydrogen-bond donors (Lipinski definition) is 1. The lowest BCUT2D eigenvalue weighted by molar-refractivity contribution is -0.140. The molecule has 2 amide bonds. The third-order valence-corrected chi connectivity index (χ3v) is 3.55. The van der Waals surface area contributed by atoms with Crippen LogP contribution in [0.4, 0.5) is 14.5 Å². The SMILES string of the molecule is C=CC(=O)Nc1ccccc1CC(=O)N1CCCC(F)(F)C1. The monoisotopic (exact) mass is 308 g/mol. The Kier molecular flexibility index (Phi) is 4.90. The summed E-state index contributed by atoms with van der Waals surface area (Å²) in [4.78, 5) is 24.8. The quantitative estimate of drug-likeness (QED) is 0.869. The highest BCUT2D eigenvalue weighted by Gasteiger charge is 2.36. The second kappa shape index (κ2) is 6.68. The fourth-order valence-corrected chi connectivity index (χ4v) is 2.43. The third-order valence-electron chi connectivity index (χ3n) is 3.55. The second-order valence-corrected chi connectivity index (χ2v) is 5.30. The Balaban J connectivity index is 2.08. The molecular weight excluding hydrogens is 290 g/mol. The predicted octanol–water partition coefficient (Wildman–Crippen LogP) is 2.61. The molecule has 1 aliphatic rings. The third kappa shape index (κ3) is 4.13. The summed E-state index contributed by atoms with van der Waals surface area (Å²) in [6, 6.07) is 6.81. The highest BCUT2D eigenvalue weighted by molar-refractivity contribution is 5.99. The van der Waals surface area contributed by atoms with Crippen LogP contribution < -0.4 is 5.32 Å². The number of rotatable bonds is 4. The van der Waals surface area contributed by atoms with Crippen LogP contribution in [-0.2, 0) is 16.0 Å². The number of piperidine rings is 1. The van der Waals surface area contributed by atoms with Crippen molar-refractivity contribution in [3.05, 3.63) is 42.5 Å². The van der Waals surface area contributed by atoms with E-state index in [1.54, 1.807) is 24.3 Å². The number of halogens is 2. The zero-order valence-electron chi connectivity index (χ0n) is 12.1. The fourth-order valence-electron chi connectivity index (χ4n) is 2.43. The van der Waals surface area contributed by atoms with E-state index in [1.165, 1.54) is 4.90 Å². The number of hydrogen-bond acceptors (Lipinski definition) is 2. The van der Waals surface area contributed by atoms with Crippen molar-refractivity contribution in [2.75, 3.05) is 18.4 Å². The number of nitrogens with zero attached hydrogens (tertiary/aromatic N) is 1. The summed E-state index contributed by atoms with van der Waals surface area (Å²) >= 11 is 0. The van der Waals surface area contributed by atoms with Gasteiger partial charge in [-0.05, 0) is 24.1 Å². The smallest absolute Gasteiger partial charge is 0.265 e. The number of anilines is 1. The lowest BCUT2D eigenvalue weighted by Crippen LogP contribution is -2.46. The maximum atomic E-state index is 13.4. The molecule has 1 aromatic carbocycles. The molecule has 0 radical (unpaired) electrons. The summed E-state index contributed by atoms with van der Waals surface area (Å²) in [7, 11) is 0. The number of alkyl halides is 2. The first-order chi connectivity index (χ1) is 10.4. The molecule has 2 rings (SSSR count). The molecule has 0 aromatic heterocycles. The van der Waals surface area contributed by atoms with Crippen LogP contribution in [0, 0.1) is 0 Å². The minimum atomic E-state index is -2.81. The first-order valence-electron chi connectivity index (χ1n) is 7.08. The number of carbonyl (C=O) groups is 2. The van der Waals surface area contributed by atoms with Crippen LogP contribution in [0.2, 0.25) is 0 Å². The molecule has 1 aliphatic heterocycles. The van der Waals surface area contributed by atoms with Crippen LogP contribution in [-0.4, -0.2) is 35.7 Å². The molecule has 6 heteroatoms. The van der Waals surface area contributed by atoms with E-state index < -0.39 is 12.5 Å². The van der Waals surface area contributed by atoms with Gasteiger partial charge in [0.05, 0.1) is 13.0 Å². The van der Waals surface area contributed by atoms with E-state index in [1.807, 2.05) is 0 Å². The minimum Gasteiger partial charge on any atom is -0.336 e. The topological polar surface area (TPSA) is 49.4 Å². The maximum absolute atomic E-state index is 13.4. The van der Waals surface area contributed by atoms with E-state index in [2.05, 4.69) is 11.9 Å². The summed E-state index contributed by atoms with van der Waals surface area (Å²) in [5.41, 5.74) is 1.08. The van der Waals surface area contributed by atoms with E-state index >= 15 is 0 Å². The van der Waals surface area contributed by atoms with Crippen molar-refractivity contribution < 1.29 is 18.4 Å². The zero-order chi connectivity index (χ0) is 16.2. The normalized spacial score (nSPS) is 16.9. The summed E-state index contributed by atoms with van der Waals surface area (Å²) in [5, 5.41) is 2.61. The largest absolute Gasteiger partial charge is 0.336 e. The molecule has 0 unspecified atom stereocenters. The Hall–Kier alpha value is -2.24. The Morgan fingerprint density at radius 1 is 1.36 bits per heavy atom. The summed E-state index contributed by atoms with van der Waals surface area (Å²) in [5.74, 6) is -3.56. The molecular formula is C16H18F2N2O2. The minimum absolute atomic E-state index is 0.0241. The van der Waals surface area contributed by atoms with E-state index in [-0.39, 0.29) is 24.7 Å². The van der Waals surface area contributed by atoms with E-state index in [0.29, 0.717) is 24.2 Å². The Labute approximate surface area is 127 Å². The second-order valence-electron chi connectivity index (χ2n) is 5.30. The molecule has 1 fully saturated rings. The van der Waals surface area contributed by atoms with Gasteiger partial charge in [0.15, 0.2) is 0 Å². The van der Waals surface area contributed by atoms with Crippen molar-refractivity contribution in [2.24, 2.45) is 0 Å².